The molecule has 2 unspecified atom stereocenters. The monoisotopic (exact) mass is 246 g/mol. The molecule has 0 saturated carbocycles. The standard InChI is InChI=1S/C14H18N2S/c1-11(12-5-3-2-4-6-12)16-14(9-15)13-7-8-17-10-13/h2-8,10-11,14,16H,9,15H2,1H3. The van der Waals surface area contributed by atoms with Gasteiger partial charge in [-0.2, -0.15) is 11.3 Å². The van der Waals surface area contributed by atoms with Gasteiger partial charge in [-0.15, -0.1) is 0 Å². The molecule has 3 heteroatoms. The van der Waals surface area contributed by atoms with Crippen LogP contribution >= 0.6 is 11.3 Å². The summed E-state index contributed by atoms with van der Waals surface area (Å²) in [7, 11) is 0. The maximum atomic E-state index is 5.83. The van der Waals surface area contributed by atoms with E-state index in [1.165, 1.54) is 11.1 Å². The van der Waals surface area contributed by atoms with Crippen LogP contribution in [-0.4, -0.2) is 6.54 Å². The van der Waals surface area contributed by atoms with Crippen molar-refractivity contribution in [2.24, 2.45) is 5.73 Å². The van der Waals surface area contributed by atoms with Crippen LogP contribution in [0.25, 0.3) is 0 Å². The minimum absolute atomic E-state index is 0.233. The molecule has 1 heterocycles. The molecule has 0 aliphatic carbocycles. The van der Waals surface area contributed by atoms with Gasteiger partial charge in [-0.25, -0.2) is 0 Å². The van der Waals surface area contributed by atoms with Crippen molar-refractivity contribution < 1.29 is 0 Å². The molecule has 2 aromatic rings. The largest absolute Gasteiger partial charge is 0.329 e. The van der Waals surface area contributed by atoms with Gasteiger partial charge in [-0.05, 0) is 34.9 Å². The first-order valence-electron chi connectivity index (χ1n) is 5.84. The number of nitrogens with two attached hydrogens (primary N) is 1. The second kappa shape index (κ2) is 5.96. The van der Waals surface area contributed by atoms with E-state index >= 15 is 0 Å². The zero-order valence-electron chi connectivity index (χ0n) is 9.97. The molecule has 0 aliphatic rings. The van der Waals surface area contributed by atoms with Crippen LogP contribution in [0, 0.1) is 0 Å². The summed E-state index contributed by atoms with van der Waals surface area (Å²) in [5.41, 5.74) is 8.40. The summed E-state index contributed by atoms with van der Waals surface area (Å²) < 4.78 is 0. The summed E-state index contributed by atoms with van der Waals surface area (Å²) in [6, 6.07) is 13.1. The molecule has 1 aromatic carbocycles. The van der Waals surface area contributed by atoms with Crippen molar-refractivity contribution in [2.75, 3.05) is 6.54 Å². The molecule has 2 atom stereocenters. The van der Waals surface area contributed by atoms with Crippen LogP contribution in [0.5, 0.6) is 0 Å². The highest BCUT2D eigenvalue weighted by molar-refractivity contribution is 7.07. The number of hydrogen-bond donors (Lipinski definition) is 2. The summed E-state index contributed by atoms with van der Waals surface area (Å²) in [6.45, 7) is 2.79. The molecule has 0 radical (unpaired) electrons. The van der Waals surface area contributed by atoms with E-state index in [2.05, 4.69) is 53.3 Å². The van der Waals surface area contributed by atoms with E-state index in [1.54, 1.807) is 11.3 Å². The second-order valence-corrected chi connectivity index (χ2v) is 4.92. The molecular weight excluding hydrogens is 228 g/mol. The molecule has 17 heavy (non-hydrogen) atoms. The Morgan fingerprint density at radius 2 is 1.94 bits per heavy atom. The smallest absolute Gasteiger partial charge is 0.0457 e. The summed E-state index contributed by atoms with van der Waals surface area (Å²) >= 11 is 1.71. The van der Waals surface area contributed by atoms with Crippen molar-refractivity contribution in [3.63, 3.8) is 0 Å². The molecule has 0 amide bonds. The molecule has 90 valence electrons. The summed E-state index contributed by atoms with van der Waals surface area (Å²) in [4.78, 5) is 0. The van der Waals surface area contributed by atoms with Crippen LogP contribution < -0.4 is 11.1 Å². The fraction of sp³-hybridized carbons (Fsp3) is 0.286. The zero-order valence-corrected chi connectivity index (χ0v) is 10.8. The zero-order chi connectivity index (χ0) is 12.1. The summed E-state index contributed by atoms with van der Waals surface area (Å²) in [5, 5.41) is 7.81. The average Bonchev–Trinajstić information content (AvgIpc) is 2.90. The molecule has 1 aromatic heterocycles. The fourth-order valence-corrected chi connectivity index (χ4v) is 2.63. The van der Waals surface area contributed by atoms with Gasteiger partial charge < -0.3 is 11.1 Å². The quantitative estimate of drug-likeness (QED) is 0.850. The Bertz CT molecular complexity index is 425. The second-order valence-electron chi connectivity index (χ2n) is 4.14. The van der Waals surface area contributed by atoms with Crippen molar-refractivity contribution >= 4 is 11.3 Å². The molecule has 0 spiro atoms. The van der Waals surface area contributed by atoms with E-state index in [0.29, 0.717) is 12.6 Å². The first-order chi connectivity index (χ1) is 8.31. The number of thiophene rings is 1. The van der Waals surface area contributed by atoms with Crippen molar-refractivity contribution in [1.29, 1.82) is 0 Å². The lowest BCUT2D eigenvalue weighted by Crippen LogP contribution is -2.30. The van der Waals surface area contributed by atoms with Crippen molar-refractivity contribution in [3.8, 4) is 0 Å². The summed E-state index contributed by atoms with van der Waals surface area (Å²) in [6.07, 6.45) is 0. The number of benzene rings is 1. The number of hydrogen-bond acceptors (Lipinski definition) is 3. The van der Waals surface area contributed by atoms with Crippen molar-refractivity contribution in [1.82, 2.24) is 5.32 Å². The lowest BCUT2D eigenvalue weighted by Gasteiger charge is -2.22. The van der Waals surface area contributed by atoms with Crippen LogP contribution in [0.15, 0.2) is 47.2 Å². The van der Waals surface area contributed by atoms with Crippen molar-refractivity contribution in [3.05, 3.63) is 58.3 Å². The van der Waals surface area contributed by atoms with Gasteiger partial charge in [0.25, 0.3) is 0 Å². The van der Waals surface area contributed by atoms with Crippen molar-refractivity contribution in [2.45, 2.75) is 19.0 Å². The third-order valence-corrected chi connectivity index (χ3v) is 3.63. The number of rotatable bonds is 5. The average molecular weight is 246 g/mol. The Labute approximate surface area is 106 Å². The molecule has 0 bridgehead atoms. The minimum atomic E-state index is 0.233. The lowest BCUT2D eigenvalue weighted by atomic mass is 10.1. The molecule has 0 aliphatic heterocycles. The number of nitrogens with one attached hydrogen (secondary N) is 1. The highest BCUT2D eigenvalue weighted by atomic mass is 32.1. The van der Waals surface area contributed by atoms with Crippen LogP contribution in [-0.2, 0) is 0 Å². The lowest BCUT2D eigenvalue weighted by molar-refractivity contribution is 0.474. The predicted octanol–water partition coefficient (Wildman–Crippen LogP) is 3.10. The third-order valence-electron chi connectivity index (χ3n) is 2.93. The van der Waals surface area contributed by atoms with Crippen LogP contribution in [0.4, 0.5) is 0 Å². The maximum Gasteiger partial charge on any atom is 0.0457 e. The van der Waals surface area contributed by atoms with Gasteiger partial charge in [0.2, 0.25) is 0 Å². The Balaban J connectivity index is 2.05. The topological polar surface area (TPSA) is 38.0 Å². The molecule has 2 nitrogen and oxygen atoms in total. The predicted molar refractivity (Wildman–Crippen MR) is 74.1 cm³/mol. The molecular formula is C14H18N2S. The third kappa shape index (κ3) is 3.16. The Hall–Kier alpha value is -1.16. The maximum absolute atomic E-state index is 5.83. The molecule has 0 fully saturated rings. The van der Waals surface area contributed by atoms with Gasteiger partial charge in [0.1, 0.15) is 0 Å². The van der Waals surface area contributed by atoms with Crippen LogP contribution in [0.1, 0.15) is 30.1 Å². The van der Waals surface area contributed by atoms with Crippen LogP contribution in [0.3, 0.4) is 0 Å². The molecule has 2 rings (SSSR count). The van der Waals surface area contributed by atoms with Gasteiger partial charge in [0.15, 0.2) is 0 Å². The van der Waals surface area contributed by atoms with Gasteiger partial charge >= 0.3 is 0 Å². The van der Waals surface area contributed by atoms with Gasteiger partial charge in [-0.1, -0.05) is 30.3 Å². The van der Waals surface area contributed by atoms with Gasteiger partial charge in [0, 0.05) is 18.6 Å². The summed E-state index contributed by atoms with van der Waals surface area (Å²) in [5.74, 6) is 0. The van der Waals surface area contributed by atoms with Gasteiger partial charge in [-0.3, -0.25) is 0 Å². The van der Waals surface area contributed by atoms with E-state index in [9.17, 15) is 0 Å². The normalized spacial score (nSPS) is 14.5. The fourth-order valence-electron chi connectivity index (χ4n) is 1.91. The highest BCUT2D eigenvalue weighted by Gasteiger charge is 2.13. The SMILES string of the molecule is CC(NC(CN)c1ccsc1)c1ccccc1. The van der Waals surface area contributed by atoms with E-state index in [1.807, 2.05) is 6.07 Å². The minimum Gasteiger partial charge on any atom is -0.329 e. The molecule has 0 saturated heterocycles. The van der Waals surface area contributed by atoms with Gasteiger partial charge in [0.05, 0.1) is 0 Å². The highest BCUT2D eigenvalue weighted by Crippen LogP contribution is 2.20. The van der Waals surface area contributed by atoms with E-state index in [0.717, 1.165) is 0 Å². The first kappa shape index (κ1) is 12.3. The van der Waals surface area contributed by atoms with E-state index in [-0.39, 0.29) is 6.04 Å². The Kier molecular flexibility index (Phi) is 4.31. The first-order valence-corrected chi connectivity index (χ1v) is 6.78. The van der Waals surface area contributed by atoms with Crippen LogP contribution in [0.2, 0.25) is 0 Å². The van der Waals surface area contributed by atoms with E-state index < -0.39 is 0 Å². The van der Waals surface area contributed by atoms with E-state index in [4.69, 9.17) is 5.73 Å². The Morgan fingerprint density at radius 1 is 1.18 bits per heavy atom. The molecule has 3 N–H and O–H groups in total. The Morgan fingerprint density at radius 3 is 2.53 bits per heavy atom.